The molecule has 0 bridgehead atoms. The number of likely N-dealkylation sites (tertiary alicyclic amines) is 1. The first-order valence-corrected chi connectivity index (χ1v) is 6.46. The van der Waals surface area contributed by atoms with E-state index in [4.69, 9.17) is 0 Å². The van der Waals surface area contributed by atoms with Gasteiger partial charge in [0.2, 0.25) is 0 Å². The summed E-state index contributed by atoms with van der Waals surface area (Å²) < 4.78 is 39.0. The van der Waals surface area contributed by atoms with Crippen molar-refractivity contribution in [3.05, 3.63) is 35.1 Å². The highest BCUT2D eigenvalue weighted by Crippen LogP contribution is 2.22. The third-order valence-electron chi connectivity index (χ3n) is 3.71. The fourth-order valence-electron chi connectivity index (χ4n) is 2.41. The molecular weight excluding hydrogens is 255 g/mol. The minimum atomic E-state index is -1.54. The maximum atomic E-state index is 13.1. The standard InChI is InChI=1S/C14H16F3NO/c1-2-9-3-5-18(6-4-9)14(19)10-7-11(15)13(17)12(16)8-10/h7-9H,2-6H2,1H3. The van der Waals surface area contributed by atoms with Gasteiger partial charge in [-0.1, -0.05) is 13.3 Å². The summed E-state index contributed by atoms with van der Waals surface area (Å²) in [6.07, 6.45) is 2.87. The van der Waals surface area contributed by atoms with E-state index in [0.29, 0.717) is 19.0 Å². The SMILES string of the molecule is CCC1CCN(C(=O)c2cc(F)c(F)c(F)c2)CC1. The van der Waals surface area contributed by atoms with Gasteiger partial charge >= 0.3 is 0 Å². The molecule has 19 heavy (non-hydrogen) atoms. The first-order chi connectivity index (χ1) is 9.02. The van der Waals surface area contributed by atoms with Gasteiger partial charge in [-0.2, -0.15) is 0 Å². The number of carbonyl (C=O) groups is 1. The number of nitrogens with zero attached hydrogens (tertiary/aromatic N) is 1. The van der Waals surface area contributed by atoms with Crippen LogP contribution in [0.5, 0.6) is 0 Å². The molecule has 2 rings (SSSR count). The molecule has 1 aliphatic heterocycles. The largest absolute Gasteiger partial charge is 0.339 e. The zero-order chi connectivity index (χ0) is 14.0. The number of hydrogen-bond acceptors (Lipinski definition) is 1. The van der Waals surface area contributed by atoms with E-state index in [0.717, 1.165) is 31.4 Å². The molecule has 1 aromatic carbocycles. The van der Waals surface area contributed by atoms with Crippen molar-refractivity contribution >= 4 is 5.91 Å². The van der Waals surface area contributed by atoms with Crippen molar-refractivity contribution in [3.8, 4) is 0 Å². The molecule has 0 aromatic heterocycles. The molecule has 0 atom stereocenters. The van der Waals surface area contributed by atoms with Gasteiger partial charge in [0.05, 0.1) is 0 Å². The van der Waals surface area contributed by atoms with Crippen LogP contribution >= 0.6 is 0 Å². The number of piperidine rings is 1. The molecular formula is C14H16F3NO. The third kappa shape index (κ3) is 2.91. The van der Waals surface area contributed by atoms with Gasteiger partial charge in [0.15, 0.2) is 17.5 Å². The molecule has 1 aromatic rings. The van der Waals surface area contributed by atoms with Crippen molar-refractivity contribution in [2.45, 2.75) is 26.2 Å². The van der Waals surface area contributed by atoms with Crippen LogP contribution in [0.15, 0.2) is 12.1 Å². The van der Waals surface area contributed by atoms with Crippen molar-refractivity contribution < 1.29 is 18.0 Å². The Morgan fingerprint density at radius 1 is 1.21 bits per heavy atom. The predicted molar refractivity (Wildman–Crippen MR) is 65.2 cm³/mol. The molecule has 1 aliphatic rings. The number of amides is 1. The Morgan fingerprint density at radius 2 is 1.74 bits per heavy atom. The van der Waals surface area contributed by atoms with Crippen molar-refractivity contribution in [1.29, 1.82) is 0 Å². The molecule has 1 heterocycles. The summed E-state index contributed by atoms with van der Waals surface area (Å²) in [6.45, 7) is 3.27. The lowest BCUT2D eigenvalue weighted by Gasteiger charge is -2.31. The highest BCUT2D eigenvalue weighted by Gasteiger charge is 2.24. The van der Waals surface area contributed by atoms with E-state index in [9.17, 15) is 18.0 Å². The van der Waals surface area contributed by atoms with Crippen molar-refractivity contribution in [1.82, 2.24) is 4.90 Å². The Bertz CT molecular complexity index is 459. The van der Waals surface area contributed by atoms with Crippen LogP contribution in [0.1, 0.15) is 36.5 Å². The van der Waals surface area contributed by atoms with Crippen LogP contribution < -0.4 is 0 Å². The molecule has 1 amide bonds. The molecule has 0 N–H and O–H groups in total. The summed E-state index contributed by atoms with van der Waals surface area (Å²) in [4.78, 5) is 13.6. The van der Waals surface area contributed by atoms with Crippen LogP contribution in [-0.2, 0) is 0 Å². The summed E-state index contributed by atoms with van der Waals surface area (Å²) >= 11 is 0. The topological polar surface area (TPSA) is 20.3 Å². The fourth-order valence-corrected chi connectivity index (χ4v) is 2.41. The van der Waals surface area contributed by atoms with Crippen molar-refractivity contribution in [2.75, 3.05) is 13.1 Å². The van der Waals surface area contributed by atoms with Gasteiger partial charge in [-0.15, -0.1) is 0 Å². The highest BCUT2D eigenvalue weighted by atomic mass is 19.2. The van der Waals surface area contributed by atoms with Crippen LogP contribution in [0.4, 0.5) is 13.2 Å². The van der Waals surface area contributed by atoms with Gasteiger partial charge in [0, 0.05) is 18.7 Å². The number of rotatable bonds is 2. The molecule has 0 spiro atoms. The molecule has 104 valence electrons. The van der Waals surface area contributed by atoms with Gasteiger partial charge in [-0.25, -0.2) is 13.2 Å². The second kappa shape index (κ2) is 5.63. The minimum absolute atomic E-state index is 0.133. The second-order valence-corrected chi connectivity index (χ2v) is 4.90. The van der Waals surface area contributed by atoms with Gasteiger partial charge < -0.3 is 4.90 Å². The van der Waals surface area contributed by atoms with Crippen LogP contribution in [0.2, 0.25) is 0 Å². The van der Waals surface area contributed by atoms with E-state index in [1.807, 2.05) is 0 Å². The molecule has 1 saturated heterocycles. The normalized spacial score (nSPS) is 16.7. The van der Waals surface area contributed by atoms with Gasteiger partial charge in [-0.3, -0.25) is 4.79 Å². The van der Waals surface area contributed by atoms with E-state index >= 15 is 0 Å². The van der Waals surface area contributed by atoms with E-state index in [1.165, 1.54) is 0 Å². The van der Waals surface area contributed by atoms with E-state index < -0.39 is 23.4 Å². The van der Waals surface area contributed by atoms with E-state index in [-0.39, 0.29) is 5.56 Å². The predicted octanol–water partition coefficient (Wildman–Crippen LogP) is 3.37. The molecule has 2 nitrogen and oxygen atoms in total. The number of benzene rings is 1. The highest BCUT2D eigenvalue weighted by molar-refractivity contribution is 5.94. The summed E-state index contributed by atoms with van der Waals surface area (Å²) in [5.74, 6) is -4.03. The van der Waals surface area contributed by atoms with Crippen LogP contribution in [0, 0.1) is 23.4 Å². The summed E-state index contributed by atoms with van der Waals surface area (Å²) in [5, 5.41) is 0. The summed E-state index contributed by atoms with van der Waals surface area (Å²) in [7, 11) is 0. The molecule has 0 radical (unpaired) electrons. The summed E-state index contributed by atoms with van der Waals surface area (Å²) in [6, 6.07) is 1.51. The maximum absolute atomic E-state index is 13.1. The average Bonchev–Trinajstić information content (AvgIpc) is 2.43. The molecule has 1 fully saturated rings. The molecule has 0 aliphatic carbocycles. The lowest BCUT2D eigenvalue weighted by atomic mass is 9.94. The first-order valence-electron chi connectivity index (χ1n) is 6.46. The number of halogens is 3. The van der Waals surface area contributed by atoms with Crippen LogP contribution in [0.3, 0.4) is 0 Å². The zero-order valence-corrected chi connectivity index (χ0v) is 10.8. The van der Waals surface area contributed by atoms with E-state index in [2.05, 4.69) is 6.92 Å². The monoisotopic (exact) mass is 271 g/mol. The lowest BCUT2D eigenvalue weighted by molar-refractivity contribution is 0.0687. The Balaban J connectivity index is 2.12. The van der Waals surface area contributed by atoms with Gasteiger partial charge in [0.1, 0.15) is 0 Å². The third-order valence-corrected chi connectivity index (χ3v) is 3.71. The molecule has 5 heteroatoms. The van der Waals surface area contributed by atoms with Crippen LogP contribution in [0.25, 0.3) is 0 Å². The average molecular weight is 271 g/mol. The maximum Gasteiger partial charge on any atom is 0.254 e. The zero-order valence-electron chi connectivity index (χ0n) is 10.8. The Hall–Kier alpha value is -1.52. The van der Waals surface area contributed by atoms with Crippen LogP contribution in [-0.4, -0.2) is 23.9 Å². The van der Waals surface area contributed by atoms with E-state index in [1.54, 1.807) is 4.90 Å². The van der Waals surface area contributed by atoms with Crippen molar-refractivity contribution in [3.63, 3.8) is 0 Å². The summed E-state index contributed by atoms with van der Waals surface area (Å²) in [5.41, 5.74) is -0.133. The Labute approximate surface area is 110 Å². The molecule has 0 unspecified atom stereocenters. The van der Waals surface area contributed by atoms with Gasteiger partial charge in [-0.05, 0) is 30.9 Å². The minimum Gasteiger partial charge on any atom is -0.339 e. The smallest absolute Gasteiger partial charge is 0.254 e. The number of hydrogen-bond donors (Lipinski definition) is 0. The Morgan fingerprint density at radius 3 is 2.21 bits per heavy atom. The molecule has 0 saturated carbocycles. The van der Waals surface area contributed by atoms with Gasteiger partial charge in [0.25, 0.3) is 5.91 Å². The lowest BCUT2D eigenvalue weighted by Crippen LogP contribution is -2.38. The quantitative estimate of drug-likeness (QED) is 0.755. The Kier molecular flexibility index (Phi) is 4.12. The number of carbonyl (C=O) groups excluding carboxylic acids is 1. The first kappa shape index (κ1) is 13.9. The van der Waals surface area contributed by atoms with Crippen molar-refractivity contribution in [2.24, 2.45) is 5.92 Å². The fraction of sp³-hybridized carbons (Fsp3) is 0.500. The second-order valence-electron chi connectivity index (χ2n) is 4.90.